The van der Waals surface area contributed by atoms with Crippen LogP contribution in [0.3, 0.4) is 0 Å². The fraction of sp³-hybridized carbons (Fsp3) is 0.583. The molecule has 0 saturated carbocycles. The number of fused-ring (bicyclic) bond motifs is 1. The molecule has 3 heterocycles. The van der Waals surface area contributed by atoms with Gasteiger partial charge in [0.15, 0.2) is 5.82 Å². The van der Waals surface area contributed by atoms with Gasteiger partial charge in [0.2, 0.25) is 0 Å². The summed E-state index contributed by atoms with van der Waals surface area (Å²) in [6, 6.07) is 7.68. The highest BCUT2D eigenvalue weighted by Crippen LogP contribution is 2.23. The molecule has 178 valence electrons. The third kappa shape index (κ3) is 5.42. The molecule has 0 bridgehead atoms. The second-order valence-electron chi connectivity index (χ2n) is 9.28. The van der Waals surface area contributed by atoms with Gasteiger partial charge in [-0.25, -0.2) is 4.68 Å². The van der Waals surface area contributed by atoms with Gasteiger partial charge in [-0.2, -0.15) is 0 Å². The van der Waals surface area contributed by atoms with Crippen molar-refractivity contribution in [3.05, 3.63) is 46.0 Å². The first-order valence-electron chi connectivity index (χ1n) is 11.8. The summed E-state index contributed by atoms with van der Waals surface area (Å²) in [4.78, 5) is 18.1. The maximum absolute atomic E-state index is 12.9. The molecule has 1 atom stereocenters. The number of pyridine rings is 1. The fourth-order valence-electron chi connectivity index (χ4n) is 4.23. The lowest BCUT2D eigenvalue weighted by Gasteiger charge is -2.28. The minimum atomic E-state index is -0.190. The maximum Gasteiger partial charge on any atom is 0.252 e. The number of nitrogens with zero attached hydrogens (tertiary/aromatic N) is 5. The summed E-state index contributed by atoms with van der Waals surface area (Å²) >= 11 is 0. The van der Waals surface area contributed by atoms with E-state index in [1.165, 1.54) is 0 Å². The van der Waals surface area contributed by atoms with Gasteiger partial charge in [-0.1, -0.05) is 6.92 Å². The first kappa shape index (κ1) is 23.4. The number of aromatic amines is 1. The molecule has 9 heteroatoms. The van der Waals surface area contributed by atoms with E-state index in [1.807, 2.05) is 35.9 Å². The lowest BCUT2D eigenvalue weighted by atomic mass is 10.0. The molecule has 0 amide bonds. The molecule has 4 rings (SSSR count). The Kier molecular flexibility index (Phi) is 7.09. The van der Waals surface area contributed by atoms with Gasteiger partial charge >= 0.3 is 0 Å². The van der Waals surface area contributed by atoms with Crippen LogP contribution in [0.1, 0.15) is 58.3 Å². The van der Waals surface area contributed by atoms with E-state index in [1.54, 1.807) is 0 Å². The lowest BCUT2D eigenvalue weighted by Crippen LogP contribution is -2.36. The van der Waals surface area contributed by atoms with Gasteiger partial charge in [-0.15, -0.1) is 5.10 Å². The van der Waals surface area contributed by atoms with Crippen LogP contribution in [0.15, 0.2) is 29.1 Å². The van der Waals surface area contributed by atoms with Crippen LogP contribution in [0.5, 0.6) is 5.75 Å². The van der Waals surface area contributed by atoms with Gasteiger partial charge < -0.3 is 14.5 Å². The summed E-state index contributed by atoms with van der Waals surface area (Å²) in [5.74, 6) is 1.58. The maximum atomic E-state index is 12.9. The van der Waals surface area contributed by atoms with E-state index in [0.29, 0.717) is 25.3 Å². The van der Waals surface area contributed by atoms with Crippen molar-refractivity contribution in [3.63, 3.8) is 0 Å². The molecule has 0 aliphatic carbocycles. The summed E-state index contributed by atoms with van der Waals surface area (Å²) < 4.78 is 13.4. The van der Waals surface area contributed by atoms with Gasteiger partial charge in [0.05, 0.1) is 24.8 Å². The van der Waals surface area contributed by atoms with E-state index in [2.05, 4.69) is 46.2 Å². The molecular weight excluding hydrogens is 420 g/mol. The summed E-state index contributed by atoms with van der Waals surface area (Å²) in [6.45, 7) is 11.4. The predicted molar refractivity (Wildman–Crippen MR) is 126 cm³/mol. The topological polar surface area (TPSA) is 98.2 Å². The second-order valence-corrected chi connectivity index (χ2v) is 9.28. The van der Waals surface area contributed by atoms with Gasteiger partial charge in [-0.05, 0) is 74.7 Å². The molecule has 1 N–H and O–H groups in total. The predicted octanol–water partition coefficient (Wildman–Crippen LogP) is 3.24. The lowest BCUT2D eigenvalue weighted by molar-refractivity contribution is 0.0656. The van der Waals surface area contributed by atoms with Crippen LogP contribution in [0.4, 0.5) is 0 Å². The molecule has 1 aromatic carbocycles. The Morgan fingerprint density at radius 1 is 1.27 bits per heavy atom. The molecule has 0 radical (unpaired) electrons. The highest BCUT2D eigenvalue weighted by Gasteiger charge is 2.26. The van der Waals surface area contributed by atoms with E-state index in [-0.39, 0.29) is 17.2 Å². The zero-order chi connectivity index (χ0) is 23.4. The molecule has 0 spiro atoms. The molecule has 1 aliphatic rings. The van der Waals surface area contributed by atoms with Crippen LogP contribution >= 0.6 is 0 Å². The van der Waals surface area contributed by atoms with Gasteiger partial charge in [-0.3, -0.25) is 9.69 Å². The van der Waals surface area contributed by atoms with E-state index in [4.69, 9.17) is 9.47 Å². The SMILES string of the molecule is CCOc1ccc2[nH]c(=O)c(CN(Cc3nnnn3C(C)(C)CC)C[C@@H]3CCCO3)cc2c1. The van der Waals surface area contributed by atoms with Crippen LogP contribution in [0.2, 0.25) is 0 Å². The van der Waals surface area contributed by atoms with Crippen molar-refractivity contribution in [3.8, 4) is 5.75 Å². The van der Waals surface area contributed by atoms with Crippen LogP contribution in [-0.2, 0) is 23.4 Å². The fourth-order valence-corrected chi connectivity index (χ4v) is 4.23. The quantitative estimate of drug-likeness (QED) is 0.502. The first-order chi connectivity index (χ1) is 15.9. The Hall–Kier alpha value is -2.78. The number of ether oxygens (including phenoxy) is 2. The smallest absolute Gasteiger partial charge is 0.252 e. The Morgan fingerprint density at radius 3 is 2.85 bits per heavy atom. The molecule has 2 aromatic heterocycles. The number of rotatable bonds is 10. The van der Waals surface area contributed by atoms with Crippen LogP contribution in [0.25, 0.3) is 10.9 Å². The van der Waals surface area contributed by atoms with Gasteiger partial charge in [0, 0.05) is 36.2 Å². The number of nitrogens with one attached hydrogen (secondary N) is 1. The average molecular weight is 455 g/mol. The number of aromatic nitrogens is 5. The Balaban J connectivity index is 1.63. The Bertz CT molecular complexity index is 1130. The van der Waals surface area contributed by atoms with E-state index in [0.717, 1.165) is 54.9 Å². The molecule has 9 nitrogen and oxygen atoms in total. The van der Waals surface area contributed by atoms with E-state index >= 15 is 0 Å². The van der Waals surface area contributed by atoms with Crippen molar-refractivity contribution < 1.29 is 9.47 Å². The minimum Gasteiger partial charge on any atom is -0.494 e. The number of benzene rings is 1. The van der Waals surface area contributed by atoms with Crippen LogP contribution in [-0.4, -0.2) is 56.0 Å². The minimum absolute atomic E-state index is 0.0857. The number of hydrogen-bond donors (Lipinski definition) is 1. The van der Waals surface area contributed by atoms with Crippen molar-refractivity contribution in [1.29, 1.82) is 0 Å². The zero-order valence-corrected chi connectivity index (χ0v) is 20.0. The largest absolute Gasteiger partial charge is 0.494 e. The van der Waals surface area contributed by atoms with Gasteiger partial charge in [0.25, 0.3) is 5.56 Å². The molecule has 3 aromatic rings. The second kappa shape index (κ2) is 10.0. The number of tetrazole rings is 1. The third-order valence-corrected chi connectivity index (χ3v) is 6.42. The summed E-state index contributed by atoms with van der Waals surface area (Å²) in [6.07, 6.45) is 3.14. The van der Waals surface area contributed by atoms with Crippen LogP contribution in [0, 0.1) is 0 Å². The highest BCUT2D eigenvalue weighted by molar-refractivity contribution is 5.80. The molecule has 1 fully saturated rings. The van der Waals surface area contributed by atoms with E-state index < -0.39 is 0 Å². The summed E-state index contributed by atoms with van der Waals surface area (Å²) in [5, 5.41) is 13.4. The molecular formula is C24H34N6O3. The number of H-pyrrole nitrogens is 1. The summed E-state index contributed by atoms with van der Waals surface area (Å²) in [5.41, 5.74) is 1.22. The van der Waals surface area contributed by atoms with Crippen LogP contribution < -0.4 is 10.3 Å². The van der Waals surface area contributed by atoms with Crippen molar-refractivity contribution in [2.75, 3.05) is 19.8 Å². The molecule has 1 aliphatic heterocycles. The normalized spacial score (nSPS) is 16.7. The molecule has 33 heavy (non-hydrogen) atoms. The van der Waals surface area contributed by atoms with Gasteiger partial charge in [0.1, 0.15) is 5.75 Å². The Morgan fingerprint density at radius 2 is 2.12 bits per heavy atom. The standard InChI is InChI=1S/C24H34N6O3/c1-5-24(3,4)30-22(26-27-28-30)16-29(15-20-8-7-11-33-20)14-18-12-17-13-19(32-6-2)9-10-21(17)25-23(18)31/h9-10,12-13,20H,5-8,11,14-16H2,1-4H3,(H,25,31)/t20-/m0/s1. The monoisotopic (exact) mass is 454 g/mol. The third-order valence-electron chi connectivity index (χ3n) is 6.42. The van der Waals surface area contributed by atoms with Crippen molar-refractivity contribution in [2.45, 2.75) is 71.7 Å². The van der Waals surface area contributed by atoms with E-state index in [9.17, 15) is 4.79 Å². The van der Waals surface area contributed by atoms with Crippen molar-refractivity contribution >= 4 is 10.9 Å². The zero-order valence-electron chi connectivity index (χ0n) is 20.0. The molecule has 0 unspecified atom stereocenters. The highest BCUT2D eigenvalue weighted by atomic mass is 16.5. The molecule has 1 saturated heterocycles. The number of hydrogen-bond acceptors (Lipinski definition) is 7. The van der Waals surface area contributed by atoms with Crippen molar-refractivity contribution in [1.82, 2.24) is 30.1 Å². The van der Waals surface area contributed by atoms with Crippen molar-refractivity contribution in [2.24, 2.45) is 0 Å². The average Bonchev–Trinajstić information content (AvgIpc) is 3.47. The summed E-state index contributed by atoms with van der Waals surface area (Å²) in [7, 11) is 0. The first-order valence-corrected chi connectivity index (χ1v) is 11.8. The Labute approximate surface area is 194 Å².